The van der Waals surface area contributed by atoms with Gasteiger partial charge in [-0.25, -0.2) is 4.98 Å². The van der Waals surface area contributed by atoms with Crippen molar-refractivity contribution in [3.05, 3.63) is 59.8 Å². The summed E-state index contributed by atoms with van der Waals surface area (Å²) in [5.41, 5.74) is 7.81. The second kappa shape index (κ2) is 6.87. The summed E-state index contributed by atoms with van der Waals surface area (Å²) in [7, 11) is 0. The first kappa shape index (κ1) is 13.5. The molecule has 1 heterocycles. The Labute approximate surface area is 113 Å². The number of aliphatic hydroxyl groups is 1. The van der Waals surface area contributed by atoms with Crippen LogP contribution >= 0.6 is 0 Å². The number of rotatable bonds is 6. The zero-order valence-corrected chi connectivity index (χ0v) is 10.8. The number of nitrogens with two attached hydrogens (primary N) is 1. The lowest BCUT2D eigenvalue weighted by Gasteiger charge is -2.18. The fourth-order valence-electron chi connectivity index (χ4n) is 1.99. The lowest BCUT2D eigenvalue weighted by molar-refractivity contribution is 0.273. The van der Waals surface area contributed by atoms with Gasteiger partial charge in [0.2, 0.25) is 0 Å². The van der Waals surface area contributed by atoms with E-state index in [1.165, 1.54) is 5.56 Å². The van der Waals surface area contributed by atoms with Crippen LogP contribution in [0, 0.1) is 0 Å². The molecule has 1 atom stereocenters. The van der Waals surface area contributed by atoms with Gasteiger partial charge in [0, 0.05) is 18.3 Å². The quantitative estimate of drug-likeness (QED) is 0.734. The Morgan fingerprint density at radius 3 is 2.63 bits per heavy atom. The smallest absolute Gasteiger partial charge is 0.130 e. The second-order valence-corrected chi connectivity index (χ2v) is 4.43. The topological polar surface area (TPSA) is 71.2 Å². The van der Waals surface area contributed by atoms with E-state index < -0.39 is 0 Å². The van der Waals surface area contributed by atoms with E-state index in [1.807, 2.05) is 42.5 Å². The Kier molecular flexibility index (Phi) is 4.89. The molecule has 0 fully saturated rings. The predicted octanol–water partition coefficient (Wildman–Crippen LogP) is 1.56. The number of nitrogens with zero attached hydrogens (tertiary/aromatic N) is 1. The molecule has 1 aromatic carbocycles. The van der Waals surface area contributed by atoms with E-state index in [4.69, 9.17) is 5.73 Å². The van der Waals surface area contributed by atoms with Crippen molar-refractivity contribution in [2.75, 3.05) is 11.9 Å². The molecule has 1 aromatic heterocycles. The van der Waals surface area contributed by atoms with Crippen LogP contribution in [0.15, 0.2) is 48.7 Å². The Morgan fingerprint density at radius 1 is 1.16 bits per heavy atom. The summed E-state index contributed by atoms with van der Waals surface area (Å²) >= 11 is 0. The number of aromatic nitrogens is 1. The zero-order valence-electron chi connectivity index (χ0n) is 10.8. The third-order valence-electron chi connectivity index (χ3n) is 3.00. The van der Waals surface area contributed by atoms with Crippen LogP contribution in [0.25, 0.3) is 0 Å². The standard InChI is InChI=1S/C15H19N3O/c16-10-13-7-4-8-17-15(13)18-14(11-19)9-12-5-2-1-3-6-12/h1-8,14,19H,9-11,16H2,(H,17,18). The SMILES string of the molecule is NCc1cccnc1NC(CO)Cc1ccccc1. The number of anilines is 1. The fraction of sp³-hybridized carbons (Fsp3) is 0.267. The van der Waals surface area contributed by atoms with E-state index in [-0.39, 0.29) is 12.6 Å². The number of benzene rings is 1. The summed E-state index contributed by atoms with van der Waals surface area (Å²) < 4.78 is 0. The van der Waals surface area contributed by atoms with Crippen LogP contribution in [0.5, 0.6) is 0 Å². The van der Waals surface area contributed by atoms with E-state index >= 15 is 0 Å². The fourth-order valence-corrected chi connectivity index (χ4v) is 1.99. The molecule has 0 radical (unpaired) electrons. The summed E-state index contributed by atoms with van der Waals surface area (Å²) in [4.78, 5) is 4.28. The summed E-state index contributed by atoms with van der Waals surface area (Å²) in [5, 5.41) is 12.7. The van der Waals surface area contributed by atoms with Gasteiger partial charge < -0.3 is 16.2 Å². The Hall–Kier alpha value is -1.91. The molecule has 0 saturated heterocycles. The van der Waals surface area contributed by atoms with Gasteiger partial charge in [-0.2, -0.15) is 0 Å². The third-order valence-corrected chi connectivity index (χ3v) is 3.00. The van der Waals surface area contributed by atoms with Gasteiger partial charge in [0.25, 0.3) is 0 Å². The summed E-state index contributed by atoms with van der Waals surface area (Å²) in [5.74, 6) is 0.750. The van der Waals surface area contributed by atoms with Crippen molar-refractivity contribution in [3.8, 4) is 0 Å². The van der Waals surface area contributed by atoms with Crippen molar-refractivity contribution < 1.29 is 5.11 Å². The highest BCUT2D eigenvalue weighted by molar-refractivity contribution is 5.44. The van der Waals surface area contributed by atoms with Crippen molar-refractivity contribution in [1.82, 2.24) is 4.98 Å². The van der Waals surface area contributed by atoms with Gasteiger partial charge in [-0.15, -0.1) is 0 Å². The van der Waals surface area contributed by atoms with E-state index in [0.717, 1.165) is 17.8 Å². The molecule has 1 unspecified atom stereocenters. The van der Waals surface area contributed by atoms with Gasteiger partial charge in [0.05, 0.1) is 12.6 Å². The molecule has 0 amide bonds. The minimum atomic E-state index is -0.0670. The van der Waals surface area contributed by atoms with Crippen LogP contribution in [-0.2, 0) is 13.0 Å². The highest BCUT2D eigenvalue weighted by Gasteiger charge is 2.11. The molecule has 4 heteroatoms. The van der Waals surface area contributed by atoms with E-state index in [9.17, 15) is 5.11 Å². The van der Waals surface area contributed by atoms with Crippen molar-refractivity contribution in [3.63, 3.8) is 0 Å². The molecule has 0 aliphatic rings. The number of hydrogen-bond acceptors (Lipinski definition) is 4. The van der Waals surface area contributed by atoms with Crippen molar-refractivity contribution >= 4 is 5.82 Å². The molecule has 100 valence electrons. The normalized spacial score (nSPS) is 12.1. The van der Waals surface area contributed by atoms with Crippen LogP contribution in [0.2, 0.25) is 0 Å². The minimum absolute atomic E-state index is 0.0511. The molecule has 19 heavy (non-hydrogen) atoms. The molecule has 0 aliphatic carbocycles. The Morgan fingerprint density at radius 2 is 1.95 bits per heavy atom. The van der Waals surface area contributed by atoms with Gasteiger partial charge in [-0.1, -0.05) is 36.4 Å². The van der Waals surface area contributed by atoms with Gasteiger partial charge in [0.15, 0.2) is 0 Å². The van der Waals surface area contributed by atoms with Crippen LogP contribution in [-0.4, -0.2) is 22.7 Å². The van der Waals surface area contributed by atoms with Crippen LogP contribution in [0.4, 0.5) is 5.82 Å². The maximum Gasteiger partial charge on any atom is 0.130 e. The number of hydrogen-bond donors (Lipinski definition) is 3. The molecule has 0 bridgehead atoms. The largest absolute Gasteiger partial charge is 0.394 e. The van der Waals surface area contributed by atoms with Gasteiger partial charge >= 0.3 is 0 Å². The maximum atomic E-state index is 9.49. The molecule has 2 aromatic rings. The van der Waals surface area contributed by atoms with Gasteiger partial charge in [0.1, 0.15) is 5.82 Å². The first-order chi connectivity index (χ1) is 9.33. The van der Waals surface area contributed by atoms with Crippen LogP contribution in [0.1, 0.15) is 11.1 Å². The number of aliphatic hydroxyl groups excluding tert-OH is 1. The predicted molar refractivity (Wildman–Crippen MR) is 76.8 cm³/mol. The molecular formula is C15H19N3O. The lowest BCUT2D eigenvalue weighted by Crippen LogP contribution is -2.27. The molecule has 4 N–H and O–H groups in total. The van der Waals surface area contributed by atoms with Crippen molar-refractivity contribution in [2.24, 2.45) is 5.73 Å². The Bertz CT molecular complexity index is 502. The first-order valence-corrected chi connectivity index (χ1v) is 6.38. The highest BCUT2D eigenvalue weighted by atomic mass is 16.3. The van der Waals surface area contributed by atoms with Crippen molar-refractivity contribution in [1.29, 1.82) is 0 Å². The minimum Gasteiger partial charge on any atom is -0.394 e. The summed E-state index contributed by atoms with van der Waals surface area (Å²) in [6.07, 6.45) is 2.47. The first-order valence-electron chi connectivity index (χ1n) is 6.38. The molecule has 0 aliphatic heterocycles. The van der Waals surface area contributed by atoms with E-state index in [1.54, 1.807) is 6.20 Å². The van der Waals surface area contributed by atoms with E-state index in [0.29, 0.717) is 6.54 Å². The molecule has 0 spiro atoms. The van der Waals surface area contributed by atoms with E-state index in [2.05, 4.69) is 10.3 Å². The zero-order chi connectivity index (χ0) is 13.5. The monoisotopic (exact) mass is 257 g/mol. The lowest BCUT2D eigenvalue weighted by atomic mass is 10.1. The average Bonchev–Trinajstić information content (AvgIpc) is 2.48. The molecular weight excluding hydrogens is 238 g/mol. The average molecular weight is 257 g/mol. The Balaban J connectivity index is 2.07. The number of pyridine rings is 1. The molecule has 0 saturated carbocycles. The van der Waals surface area contributed by atoms with Crippen molar-refractivity contribution in [2.45, 2.75) is 19.0 Å². The molecule has 2 rings (SSSR count). The number of nitrogens with one attached hydrogen (secondary N) is 1. The summed E-state index contributed by atoms with van der Waals surface area (Å²) in [6, 6.07) is 13.8. The van der Waals surface area contributed by atoms with Gasteiger partial charge in [-0.05, 0) is 18.1 Å². The molecule has 4 nitrogen and oxygen atoms in total. The van der Waals surface area contributed by atoms with Crippen LogP contribution in [0.3, 0.4) is 0 Å². The maximum absolute atomic E-state index is 9.49. The third kappa shape index (κ3) is 3.77. The highest BCUT2D eigenvalue weighted by Crippen LogP contribution is 2.13. The van der Waals surface area contributed by atoms with Crippen LogP contribution < -0.4 is 11.1 Å². The van der Waals surface area contributed by atoms with Gasteiger partial charge in [-0.3, -0.25) is 0 Å². The second-order valence-electron chi connectivity index (χ2n) is 4.43. The summed E-state index contributed by atoms with van der Waals surface area (Å²) in [6.45, 7) is 0.481.